The van der Waals surface area contributed by atoms with Crippen molar-refractivity contribution >= 4 is 40.7 Å². The highest BCUT2D eigenvalue weighted by Crippen LogP contribution is 2.22. The number of amides is 2. The van der Waals surface area contributed by atoms with Crippen LogP contribution in [-0.4, -0.2) is 37.5 Å². The summed E-state index contributed by atoms with van der Waals surface area (Å²) in [5.41, 5.74) is 0.544. The Kier molecular flexibility index (Phi) is 7.65. The molecule has 0 spiro atoms. The first kappa shape index (κ1) is 18.7. The number of halogens is 2. The average molecular weight is 347 g/mol. The fourth-order valence-electron chi connectivity index (χ4n) is 2.11. The predicted octanol–water partition coefficient (Wildman–Crippen LogP) is 1.36. The van der Waals surface area contributed by atoms with E-state index in [1.165, 1.54) is 0 Å². The second kappa shape index (κ2) is 8.98. The van der Waals surface area contributed by atoms with Crippen LogP contribution in [0.2, 0.25) is 10.0 Å². The summed E-state index contributed by atoms with van der Waals surface area (Å²) >= 11 is 11.8. The van der Waals surface area contributed by atoms with E-state index in [1.54, 1.807) is 25.1 Å². The number of rotatable bonds is 7. The molecule has 0 aliphatic heterocycles. The van der Waals surface area contributed by atoms with Crippen LogP contribution in [0.5, 0.6) is 0 Å². The number of anilines is 1. The van der Waals surface area contributed by atoms with Crippen LogP contribution in [0.1, 0.15) is 20.8 Å². The Morgan fingerprint density at radius 3 is 2.27 bits per heavy atom. The molecule has 0 aliphatic carbocycles. The van der Waals surface area contributed by atoms with Gasteiger partial charge in [-0.1, -0.05) is 23.2 Å². The van der Waals surface area contributed by atoms with Crippen LogP contribution in [0, 0.1) is 0 Å². The second-order valence-corrected chi connectivity index (χ2v) is 5.88. The number of carbonyl (C=O) groups is 2. The van der Waals surface area contributed by atoms with Crippen LogP contribution in [-0.2, 0) is 9.59 Å². The molecule has 1 rings (SSSR count). The molecular formula is C15H22Cl2N3O2+. The van der Waals surface area contributed by atoms with Gasteiger partial charge in [-0.3, -0.25) is 9.59 Å². The lowest BCUT2D eigenvalue weighted by Gasteiger charge is -2.23. The lowest BCUT2D eigenvalue weighted by Crippen LogP contribution is -3.17. The monoisotopic (exact) mass is 346 g/mol. The van der Waals surface area contributed by atoms with Crippen LogP contribution >= 0.6 is 23.2 Å². The number of benzene rings is 1. The van der Waals surface area contributed by atoms with Crippen LogP contribution in [0.25, 0.3) is 0 Å². The third-order valence-electron chi connectivity index (χ3n) is 3.35. The second-order valence-electron chi connectivity index (χ2n) is 5.01. The Hall–Kier alpha value is -1.30. The summed E-state index contributed by atoms with van der Waals surface area (Å²) in [6.07, 6.45) is 0. The van der Waals surface area contributed by atoms with Gasteiger partial charge in [-0.15, -0.1) is 0 Å². The van der Waals surface area contributed by atoms with E-state index in [4.69, 9.17) is 23.2 Å². The van der Waals surface area contributed by atoms with E-state index in [1.807, 2.05) is 13.8 Å². The fourth-order valence-corrected chi connectivity index (χ4v) is 2.64. The Balaban J connectivity index is 2.71. The smallest absolute Gasteiger partial charge is 0.282 e. The maximum absolute atomic E-state index is 12.3. The SMILES string of the molecule is CCNC(=O)C[NH+](CC)[C@@H](C)C(=O)Nc1cc(Cl)cc(Cl)c1. The van der Waals surface area contributed by atoms with Gasteiger partial charge in [0.05, 0.1) is 6.54 Å². The molecule has 1 aromatic carbocycles. The Morgan fingerprint density at radius 1 is 1.18 bits per heavy atom. The van der Waals surface area contributed by atoms with Crippen molar-refractivity contribution in [2.75, 3.05) is 25.0 Å². The van der Waals surface area contributed by atoms with Gasteiger partial charge in [-0.25, -0.2) is 0 Å². The maximum atomic E-state index is 12.3. The normalized spacial score (nSPS) is 13.3. The van der Waals surface area contributed by atoms with Crippen LogP contribution < -0.4 is 15.5 Å². The molecule has 2 amide bonds. The molecule has 0 aromatic heterocycles. The molecule has 1 aromatic rings. The van der Waals surface area contributed by atoms with Gasteiger partial charge in [-0.2, -0.15) is 0 Å². The topological polar surface area (TPSA) is 62.6 Å². The number of hydrogen-bond acceptors (Lipinski definition) is 2. The molecule has 7 heteroatoms. The Morgan fingerprint density at radius 2 is 1.77 bits per heavy atom. The lowest BCUT2D eigenvalue weighted by atomic mass is 10.2. The summed E-state index contributed by atoms with van der Waals surface area (Å²) in [6.45, 7) is 7.10. The summed E-state index contributed by atoms with van der Waals surface area (Å²) < 4.78 is 0. The molecule has 0 saturated heterocycles. The van der Waals surface area contributed by atoms with E-state index in [9.17, 15) is 9.59 Å². The highest BCUT2D eigenvalue weighted by atomic mass is 35.5. The minimum Gasteiger partial charge on any atom is -0.351 e. The van der Waals surface area contributed by atoms with Crippen LogP contribution in [0.3, 0.4) is 0 Å². The number of quaternary nitrogens is 1. The zero-order valence-corrected chi connectivity index (χ0v) is 14.5. The van der Waals surface area contributed by atoms with Gasteiger partial charge in [0.2, 0.25) is 0 Å². The van der Waals surface area contributed by atoms with E-state index in [2.05, 4.69) is 10.6 Å². The van der Waals surface area contributed by atoms with Crippen molar-refractivity contribution in [3.05, 3.63) is 28.2 Å². The van der Waals surface area contributed by atoms with Gasteiger partial charge in [0.25, 0.3) is 11.8 Å². The van der Waals surface area contributed by atoms with Crippen molar-refractivity contribution in [1.82, 2.24) is 5.32 Å². The number of likely N-dealkylation sites (N-methyl/N-ethyl adjacent to an activating group) is 2. The largest absolute Gasteiger partial charge is 0.351 e. The van der Waals surface area contributed by atoms with E-state index in [0.29, 0.717) is 28.8 Å². The minimum absolute atomic E-state index is 0.0650. The van der Waals surface area contributed by atoms with Gasteiger partial charge >= 0.3 is 0 Å². The van der Waals surface area contributed by atoms with Gasteiger partial charge in [0.1, 0.15) is 0 Å². The molecule has 0 bridgehead atoms. The quantitative estimate of drug-likeness (QED) is 0.698. The number of carbonyl (C=O) groups excluding carboxylic acids is 2. The third-order valence-corrected chi connectivity index (χ3v) is 3.79. The molecule has 122 valence electrons. The Bertz CT molecular complexity index is 517. The van der Waals surface area contributed by atoms with Crippen molar-refractivity contribution in [2.45, 2.75) is 26.8 Å². The van der Waals surface area contributed by atoms with Crippen LogP contribution in [0.4, 0.5) is 5.69 Å². The zero-order valence-electron chi connectivity index (χ0n) is 13.0. The van der Waals surface area contributed by atoms with E-state index in [-0.39, 0.29) is 24.4 Å². The van der Waals surface area contributed by atoms with Crippen LogP contribution in [0.15, 0.2) is 18.2 Å². The minimum atomic E-state index is -0.370. The maximum Gasteiger partial charge on any atom is 0.282 e. The fraction of sp³-hybridized carbons (Fsp3) is 0.467. The summed E-state index contributed by atoms with van der Waals surface area (Å²) in [5.74, 6) is -0.246. The summed E-state index contributed by atoms with van der Waals surface area (Å²) in [4.78, 5) is 24.9. The molecule has 0 radical (unpaired) electrons. The van der Waals surface area contributed by atoms with Crippen molar-refractivity contribution in [1.29, 1.82) is 0 Å². The number of nitrogens with one attached hydrogen (secondary N) is 3. The molecule has 1 unspecified atom stereocenters. The summed E-state index contributed by atoms with van der Waals surface area (Å²) in [6, 6.07) is 4.49. The van der Waals surface area contributed by atoms with Crippen molar-refractivity contribution in [2.24, 2.45) is 0 Å². The lowest BCUT2D eigenvalue weighted by molar-refractivity contribution is -0.904. The summed E-state index contributed by atoms with van der Waals surface area (Å²) in [5, 5.41) is 6.44. The first-order chi connectivity index (χ1) is 10.4. The zero-order chi connectivity index (χ0) is 16.7. The van der Waals surface area contributed by atoms with E-state index >= 15 is 0 Å². The average Bonchev–Trinajstić information content (AvgIpc) is 2.43. The molecule has 22 heavy (non-hydrogen) atoms. The molecule has 0 heterocycles. The van der Waals surface area contributed by atoms with E-state index in [0.717, 1.165) is 4.90 Å². The molecule has 5 nitrogen and oxygen atoms in total. The van der Waals surface area contributed by atoms with Gasteiger partial charge in [0.15, 0.2) is 12.6 Å². The van der Waals surface area contributed by atoms with Gasteiger partial charge in [-0.05, 0) is 39.0 Å². The van der Waals surface area contributed by atoms with Gasteiger partial charge in [0, 0.05) is 22.3 Å². The molecule has 3 N–H and O–H groups in total. The molecular weight excluding hydrogens is 325 g/mol. The van der Waals surface area contributed by atoms with Gasteiger partial charge < -0.3 is 15.5 Å². The highest BCUT2D eigenvalue weighted by molar-refractivity contribution is 6.35. The molecule has 2 atom stereocenters. The highest BCUT2D eigenvalue weighted by Gasteiger charge is 2.25. The summed E-state index contributed by atoms with van der Waals surface area (Å²) in [7, 11) is 0. The van der Waals surface area contributed by atoms with Crippen molar-refractivity contribution in [3.63, 3.8) is 0 Å². The molecule has 0 saturated carbocycles. The Labute approximate surface area is 141 Å². The standard InChI is InChI=1S/C15H21Cl2N3O2/c1-4-18-14(21)9-20(5-2)10(3)15(22)19-13-7-11(16)6-12(17)8-13/h6-8,10H,4-5,9H2,1-3H3,(H,18,21)(H,19,22)/p+1/t10-/m0/s1. The first-order valence-electron chi connectivity index (χ1n) is 7.25. The number of hydrogen-bond donors (Lipinski definition) is 3. The van der Waals surface area contributed by atoms with Crippen molar-refractivity contribution in [3.8, 4) is 0 Å². The van der Waals surface area contributed by atoms with E-state index < -0.39 is 0 Å². The molecule has 0 fully saturated rings. The third kappa shape index (κ3) is 5.83. The van der Waals surface area contributed by atoms with Crippen molar-refractivity contribution < 1.29 is 14.5 Å². The first-order valence-corrected chi connectivity index (χ1v) is 8.01. The predicted molar refractivity (Wildman–Crippen MR) is 89.6 cm³/mol. The molecule has 0 aliphatic rings.